The molecule has 1 N–H and O–H groups in total. The summed E-state index contributed by atoms with van der Waals surface area (Å²) in [5, 5.41) is 8.68. The molecular weight excluding hydrogens is 171 g/mol. The summed E-state index contributed by atoms with van der Waals surface area (Å²) in [7, 11) is 0. The van der Waals surface area contributed by atoms with Gasteiger partial charge in [0.1, 0.15) is 5.83 Å². The second-order valence-corrected chi connectivity index (χ2v) is 2.74. The van der Waals surface area contributed by atoms with E-state index in [1.807, 2.05) is 0 Å². The summed E-state index contributed by atoms with van der Waals surface area (Å²) < 4.78 is 12.6. The lowest BCUT2D eigenvalue weighted by atomic mass is 10.1. The van der Waals surface area contributed by atoms with Gasteiger partial charge >= 0.3 is 5.97 Å². The topological polar surface area (TPSA) is 37.3 Å². The molecule has 0 fully saturated rings. The first-order valence-corrected chi connectivity index (χ1v) is 3.71. The molecule has 1 aromatic rings. The fourth-order valence-electron chi connectivity index (χ4n) is 1.07. The van der Waals surface area contributed by atoms with Crippen molar-refractivity contribution in [1.82, 2.24) is 0 Å². The first kappa shape index (κ1) is 9.45. The van der Waals surface area contributed by atoms with Crippen molar-refractivity contribution in [2.24, 2.45) is 0 Å². The molecule has 0 aliphatic carbocycles. The fraction of sp³-hybridized carbons (Fsp3) is 0.100. The van der Waals surface area contributed by atoms with E-state index >= 15 is 0 Å². The summed E-state index contributed by atoms with van der Waals surface area (Å²) in [6.45, 7) is 4.75. The Balaban J connectivity index is 3.20. The Kier molecular flexibility index (Phi) is 2.46. The molecule has 1 aromatic carbocycles. The average molecular weight is 180 g/mol. The van der Waals surface area contributed by atoms with E-state index in [1.165, 1.54) is 18.2 Å². The van der Waals surface area contributed by atoms with Gasteiger partial charge in [0.2, 0.25) is 0 Å². The van der Waals surface area contributed by atoms with E-state index in [9.17, 15) is 9.18 Å². The molecule has 0 radical (unpaired) electrons. The average Bonchev–Trinajstić information content (AvgIpc) is 2.03. The first-order valence-electron chi connectivity index (χ1n) is 3.71. The predicted molar refractivity (Wildman–Crippen MR) is 48.3 cm³/mol. The third kappa shape index (κ3) is 1.93. The van der Waals surface area contributed by atoms with E-state index < -0.39 is 11.8 Å². The molecule has 3 heteroatoms. The molecule has 0 heterocycles. The van der Waals surface area contributed by atoms with Gasteiger partial charge in [-0.05, 0) is 24.6 Å². The molecule has 0 aromatic heterocycles. The van der Waals surface area contributed by atoms with E-state index in [-0.39, 0.29) is 5.56 Å². The minimum atomic E-state index is -1.01. The zero-order chi connectivity index (χ0) is 10.0. The van der Waals surface area contributed by atoms with Crippen molar-refractivity contribution in [1.29, 1.82) is 0 Å². The van der Waals surface area contributed by atoms with Crippen LogP contribution in [-0.4, -0.2) is 11.1 Å². The zero-order valence-corrected chi connectivity index (χ0v) is 7.17. The Morgan fingerprint density at radius 3 is 2.54 bits per heavy atom. The van der Waals surface area contributed by atoms with E-state index in [1.54, 1.807) is 6.92 Å². The highest BCUT2D eigenvalue weighted by atomic mass is 19.1. The van der Waals surface area contributed by atoms with Crippen molar-refractivity contribution in [3.8, 4) is 0 Å². The highest BCUT2D eigenvalue weighted by Gasteiger charge is 2.07. The van der Waals surface area contributed by atoms with Crippen LogP contribution < -0.4 is 0 Å². The molecule has 0 atom stereocenters. The zero-order valence-electron chi connectivity index (χ0n) is 7.17. The van der Waals surface area contributed by atoms with Crippen LogP contribution in [0.5, 0.6) is 0 Å². The van der Waals surface area contributed by atoms with Crippen molar-refractivity contribution < 1.29 is 14.3 Å². The number of carbonyl (C=O) groups is 1. The summed E-state index contributed by atoms with van der Waals surface area (Å²) in [5.74, 6) is -1.56. The molecule has 0 saturated carbocycles. The Morgan fingerprint density at radius 1 is 1.54 bits per heavy atom. The van der Waals surface area contributed by atoms with Crippen LogP contribution in [0.15, 0.2) is 24.8 Å². The number of hydrogen-bond donors (Lipinski definition) is 1. The third-order valence-corrected chi connectivity index (χ3v) is 1.77. The van der Waals surface area contributed by atoms with Gasteiger partial charge < -0.3 is 5.11 Å². The van der Waals surface area contributed by atoms with Crippen molar-refractivity contribution in [2.75, 3.05) is 0 Å². The number of benzene rings is 1. The maximum absolute atomic E-state index is 12.6. The van der Waals surface area contributed by atoms with Gasteiger partial charge in [0.25, 0.3) is 0 Å². The van der Waals surface area contributed by atoms with Crippen LogP contribution in [0.2, 0.25) is 0 Å². The largest absolute Gasteiger partial charge is 0.478 e. The molecular formula is C10H9FO2. The van der Waals surface area contributed by atoms with Crippen molar-refractivity contribution in [3.05, 3.63) is 41.5 Å². The Labute approximate surface area is 75.3 Å². The lowest BCUT2D eigenvalue weighted by Gasteiger charge is -2.02. The summed E-state index contributed by atoms with van der Waals surface area (Å²) >= 11 is 0. The van der Waals surface area contributed by atoms with Crippen LogP contribution in [0.4, 0.5) is 4.39 Å². The molecule has 68 valence electrons. The summed E-state index contributed by atoms with van der Waals surface area (Å²) in [6.07, 6.45) is 0. The second kappa shape index (κ2) is 3.39. The highest BCUT2D eigenvalue weighted by Crippen LogP contribution is 2.17. The Morgan fingerprint density at radius 2 is 2.15 bits per heavy atom. The molecule has 0 spiro atoms. The van der Waals surface area contributed by atoms with E-state index in [0.29, 0.717) is 11.1 Å². The van der Waals surface area contributed by atoms with Gasteiger partial charge in [0.05, 0.1) is 5.56 Å². The third-order valence-electron chi connectivity index (χ3n) is 1.77. The molecule has 0 unspecified atom stereocenters. The minimum absolute atomic E-state index is 0.185. The second-order valence-electron chi connectivity index (χ2n) is 2.74. The normalized spacial score (nSPS) is 9.69. The Hall–Kier alpha value is -1.64. The van der Waals surface area contributed by atoms with Crippen LogP contribution in [0.1, 0.15) is 21.5 Å². The fourth-order valence-corrected chi connectivity index (χ4v) is 1.07. The van der Waals surface area contributed by atoms with Gasteiger partial charge in [-0.2, -0.15) is 0 Å². The van der Waals surface area contributed by atoms with Crippen LogP contribution in [0.25, 0.3) is 5.83 Å². The van der Waals surface area contributed by atoms with Gasteiger partial charge in [0.15, 0.2) is 0 Å². The van der Waals surface area contributed by atoms with Gasteiger partial charge in [-0.1, -0.05) is 12.6 Å². The van der Waals surface area contributed by atoms with Crippen molar-refractivity contribution in [2.45, 2.75) is 6.92 Å². The van der Waals surface area contributed by atoms with Crippen LogP contribution >= 0.6 is 0 Å². The highest BCUT2D eigenvalue weighted by molar-refractivity contribution is 5.89. The minimum Gasteiger partial charge on any atom is -0.478 e. The molecule has 13 heavy (non-hydrogen) atoms. The number of rotatable bonds is 2. The maximum atomic E-state index is 12.6. The quantitative estimate of drug-likeness (QED) is 0.759. The molecule has 0 amide bonds. The molecule has 0 aliphatic rings. The predicted octanol–water partition coefficient (Wildman–Crippen LogP) is 2.63. The lowest BCUT2D eigenvalue weighted by molar-refractivity contribution is 0.0696. The van der Waals surface area contributed by atoms with E-state index in [2.05, 4.69) is 6.58 Å². The first-order chi connectivity index (χ1) is 6.02. The van der Waals surface area contributed by atoms with Crippen LogP contribution in [0, 0.1) is 6.92 Å². The van der Waals surface area contributed by atoms with Crippen LogP contribution in [-0.2, 0) is 0 Å². The van der Waals surface area contributed by atoms with E-state index in [4.69, 9.17) is 5.11 Å². The Bertz CT molecular complexity index is 369. The molecule has 1 rings (SSSR count). The number of carboxylic acid groups (broad SMARTS) is 1. The SMILES string of the molecule is C=C(F)c1ccc(C(=O)O)c(C)c1. The van der Waals surface area contributed by atoms with Gasteiger partial charge in [0, 0.05) is 5.56 Å². The lowest BCUT2D eigenvalue weighted by Crippen LogP contribution is -1.99. The standard InChI is InChI=1S/C10H9FO2/c1-6-5-8(7(2)11)3-4-9(6)10(12)13/h3-5H,2H2,1H3,(H,12,13). The van der Waals surface area contributed by atoms with Gasteiger partial charge in [-0.3, -0.25) is 0 Å². The monoisotopic (exact) mass is 180 g/mol. The smallest absolute Gasteiger partial charge is 0.335 e. The summed E-state index contributed by atoms with van der Waals surface area (Å²) in [6, 6.07) is 4.24. The number of hydrogen-bond acceptors (Lipinski definition) is 1. The molecule has 0 aliphatic heterocycles. The molecule has 2 nitrogen and oxygen atoms in total. The number of carboxylic acids is 1. The van der Waals surface area contributed by atoms with E-state index in [0.717, 1.165) is 0 Å². The van der Waals surface area contributed by atoms with Gasteiger partial charge in [-0.25, -0.2) is 9.18 Å². The van der Waals surface area contributed by atoms with Crippen molar-refractivity contribution >= 4 is 11.8 Å². The molecule has 0 saturated heterocycles. The number of aryl methyl sites for hydroxylation is 1. The molecule has 0 bridgehead atoms. The van der Waals surface area contributed by atoms with Crippen molar-refractivity contribution in [3.63, 3.8) is 0 Å². The summed E-state index contributed by atoms with van der Waals surface area (Å²) in [4.78, 5) is 10.6. The maximum Gasteiger partial charge on any atom is 0.335 e. The number of halogens is 1. The van der Waals surface area contributed by atoms with Crippen LogP contribution in [0.3, 0.4) is 0 Å². The van der Waals surface area contributed by atoms with Gasteiger partial charge in [-0.15, -0.1) is 0 Å². The summed E-state index contributed by atoms with van der Waals surface area (Å²) in [5.41, 5.74) is 1.04. The number of aromatic carboxylic acids is 1.